The number of hydrogen-bond donors (Lipinski definition) is 2. The van der Waals surface area contributed by atoms with Crippen molar-refractivity contribution in [3.05, 3.63) is 53.4 Å². The van der Waals surface area contributed by atoms with E-state index in [1.54, 1.807) is 62.4 Å². The van der Waals surface area contributed by atoms with Crippen LogP contribution in [0.5, 0.6) is 17.2 Å². The number of ether oxygens (including phenoxy) is 2. The van der Waals surface area contributed by atoms with Gasteiger partial charge in [-0.15, -0.1) is 0 Å². The summed E-state index contributed by atoms with van der Waals surface area (Å²) in [5.74, 6) is 0.930. The first-order valence-electron chi connectivity index (χ1n) is 8.34. The molecule has 2 N–H and O–H groups in total. The molecule has 0 radical (unpaired) electrons. The minimum atomic E-state index is -1.17. The molecule has 0 aliphatic rings. The summed E-state index contributed by atoms with van der Waals surface area (Å²) < 4.78 is 11.7. The van der Waals surface area contributed by atoms with Crippen molar-refractivity contribution < 1.29 is 29.1 Å². The van der Waals surface area contributed by atoms with Crippen molar-refractivity contribution in [3.63, 3.8) is 0 Å². The molecule has 0 atom stereocenters. The number of carbonyl (C=O) groups excluding carboxylic acids is 1. The lowest BCUT2D eigenvalue weighted by Gasteiger charge is -2.26. The molecule has 0 unspecified atom stereocenters. The minimum Gasteiger partial charge on any atom is -0.474 e. The Labute approximate surface area is 157 Å². The van der Waals surface area contributed by atoms with Gasteiger partial charge in [-0.25, -0.2) is 4.84 Å². The standard InChI is InChI=1S/C19H22N2O6/c1-19(2,18(23)20-12-13-22)27-17-7-5-4-6-16(17)26-15-10-8-14(9-11-15)21(24)25-3/h4-11,22H,12-13H2,1-3H3/p+1. The number of amides is 1. The molecule has 0 spiro atoms. The fourth-order valence-corrected chi connectivity index (χ4v) is 2.19. The average molecular weight is 375 g/mol. The number of aliphatic hydroxyl groups is 1. The lowest BCUT2D eigenvalue weighted by molar-refractivity contribution is -0.736. The molecular formula is C19H23N2O6+. The van der Waals surface area contributed by atoms with Crippen molar-refractivity contribution in [2.24, 2.45) is 0 Å². The zero-order valence-corrected chi connectivity index (χ0v) is 15.5. The highest BCUT2D eigenvalue weighted by atomic mass is 16.8. The van der Waals surface area contributed by atoms with Crippen LogP contribution in [0.2, 0.25) is 0 Å². The number of carbonyl (C=O) groups is 1. The van der Waals surface area contributed by atoms with Gasteiger partial charge in [0.2, 0.25) is 0 Å². The first kappa shape index (κ1) is 20.2. The number of nitrogens with zero attached hydrogens (tertiary/aromatic N) is 1. The van der Waals surface area contributed by atoms with Gasteiger partial charge < -0.3 is 19.9 Å². The molecule has 0 aromatic heterocycles. The molecule has 144 valence electrons. The van der Waals surface area contributed by atoms with Crippen LogP contribution < -0.4 is 14.8 Å². The van der Waals surface area contributed by atoms with E-state index in [0.29, 0.717) is 27.9 Å². The molecule has 8 nitrogen and oxygen atoms in total. The van der Waals surface area contributed by atoms with Crippen LogP contribution in [0.15, 0.2) is 48.5 Å². The summed E-state index contributed by atoms with van der Waals surface area (Å²) >= 11 is 0. The highest BCUT2D eigenvalue weighted by Crippen LogP contribution is 2.34. The van der Waals surface area contributed by atoms with Crippen LogP contribution in [0.25, 0.3) is 0 Å². The van der Waals surface area contributed by atoms with Crippen LogP contribution in [0.1, 0.15) is 13.8 Å². The lowest BCUT2D eigenvalue weighted by Crippen LogP contribution is -2.47. The van der Waals surface area contributed by atoms with Crippen molar-refractivity contribution in [1.29, 1.82) is 0 Å². The van der Waals surface area contributed by atoms with Gasteiger partial charge in [0, 0.05) is 18.7 Å². The summed E-state index contributed by atoms with van der Waals surface area (Å²) in [7, 11) is 1.28. The maximum atomic E-state index is 12.2. The molecule has 8 heteroatoms. The van der Waals surface area contributed by atoms with E-state index in [2.05, 4.69) is 10.2 Å². The van der Waals surface area contributed by atoms with E-state index in [-0.39, 0.29) is 19.1 Å². The Balaban J connectivity index is 2.15. The maximum Gasteiger partial charge on any atom is 0.317 e. The van der Waals surface area contributed by atoms with Gasteiger partial charge in [0.25, 0.3) is 10.8 Å². The van der Waals surface area contributed by atoms with Crippen molar-refractivity contribution in [3.8, 4) is 17.2 Å². The van der Waals surface area contributed by atoms with Gasteiger partial charge in [0.15, 0.2) is 24.2 Å². The van der Waals surface area contributed by atoms with Gasteiger partial charge in [-0.1, -0.05) is 12.1 Å². The van der Waals surface area contributed by atoms with Crippen LogP contribution in [-0.4, -0.2) is 41.8 Å². The molecule has 0 fully saturated rings. The third kappa shape index (κ3) is 5.42. The van der Waals surface area contributed by atoms with E-state index in [1.165, 1.54) is 7.11 Å². The van der Waals surface area contributed by atoms with Crippen LogP contribution >= 0.6 is 0 Å². The van der Waals surface area contributed by atoms with Gasteiger partial charge in [-0.05, 0) is 38.1 Å². The molecule has 0 aliphatic heterocycles. The van der Waals surface area contributed by atoms with Gasteiger partial charge >= 0.3 is 5.69 Å². The average Bonchev–Trinajstić information content (AvgIpc) is 2.67. The number of rotatable bonds is 9. The quantitative estimate of drug-likeness (QED) is 0.654. The smallest absolute Gasteiger partial charge is 0.317 e. The van der Waals surface area contributed by atoms with Gasteiger partial charge in [-0.2, -0.15) is 0 Å². The molecule has 1 amide bonds. The summed E-state index contributed by atoms with van der Waals surface area (Å²) in [6, 6.07) is 13.3. The minimum absolute atomic E-state index is 0.147. The highest BCUT2D eigenvalue weighted by molar-refractivity contribution is 5.84. The van der Waals surface area contributed by atoms with Crippen molar-refractivity contribution in [2.75, 3.05) is 20.3 Å². The predicted molar refractivity (Wildman–Crippen MR) is 98.1 cm³/mol. The molecule has 2 aromatic rings. The third-order valence-electron chi connectivity index (χ3n) is 3.60. The first-order chi connectivity index (χ1) is 12.9. The summed E-state index contributed by atoms with van der Waals surface area (Å²) in [5, 5.41) is 11.4. The molecule has 0 bridgehead atoms. The van der Waals surface area contributed by atoms with Crippen LogP contribution in [-0.2, 0) is 9.63 Å². The summed E-state index contributed by atoms with van der Waals surface area (Å²) in [6.45, 7) is 3.24. The molecule has 27 heavy (non-hydrogen) atoms. The fraction of sp³-hybridized carbons (Fsp3) is 0.316. The van der Waals surface area contributed by atoms with E-state index in [9.17, 15) is 9.70 Å². The van der Waals surface area contributed by atoms with Gasteiger partial charge in [0.05, 0.1) is 11.5 Å². The number of benzene rings is 2. The Morgan fingerprint density at radius 3 is 2.33 bits per heavy atom. The number of hydrogen-bond acceptors (Lipinski definition) is 6. The van der Waals surface area contributed by atoms with E-state index in [1.807, 2.05) is 0 Å². The molecule has 2 aromatic carbocycles. The molecule has 0 saturated carbocycles. The van der Waals surface area contributed by atoms with Crippen molar-refractivity contribution >= 4 is 11.6 Å². The summed E-state index contributed by atoms with van der Waals surface area (Å²) in [6.07, 6.45) is 0. The van der Waals surface area contributed by atoms with Crippen LogP contribution in [0, 0.1) is 4.91 Å². The Kier molecular flexibility index (Phi) is 6.73. The zero-order valence-electron chi connectivity index (χ0n) is 15.5. The molecule has 2 rings (SSSR count). The van der Waals surface area contributed by atoms with Crippen LogP contribution in [0.3, 0.4) is 0 Å². The third-order valence-corrected chi connectivity index (χ3v) is 3.60. The number of para-hydroxylation sites is 2. The molecule has 0 heterocycles. The van der Waals surface area contributed by atoms with Gasteiger partial charge in [-0.3, -0.25) is 4.79 Å². The van der Waals surface area contributed by atoms with E-state index < -0.39 is 5.60 Å². The second-order valence-electron chi connectivity index (χ2n) is 6.07. The Morgan fingerprint density at radius 1 is 1.11 bits per heavy atom. The number of nitrogens with one attached hydrogen (secondary N) is 1. The predicted octanol–water partition coefficient (Wildman–Crippen LogP) is 2.72. The Morgan fingerprint density at radius 2 is 1.74 bits per heavy atom. The number of aliphatic hydroxyl groups excluding tert-OH is 1. The topological polar surface area (TPSA) is 97.1 Å². The fourth-order valence-electron chi connectivity index (χ4n) is 2.19. The van der Waals surface area contributed by atoms with Crippen molar-refractivity contribution in [2.45, 2.75) is 19.4 Å². The second kappa shape index (κ2) is 9.00. The maximum absolute atomic E-state index is 12.2. The molecular weight excluding hydrogens is 352 g/mol. The monoisotopic (exact) mass is 375 g/mol. The van der Waals surface area contributed by atoms with E-state index >= 15 is 0 Å². The van der Waals surface area contributed by atoms with Crippen LogP contribution in [0.4, 0.5) is 5.69 Å². The zero-order chi connectivity index (χ0) is 19.9. The van der Waals surface area contributed by atoms with E-state index in [0.717, 1.165) is 0 Å². The lowest BCUT2D eigenvalue weighted by atomic mass is 10.1. The molecule has 0 aliphatic carbocycles. The molecule has 0 saturated heterocycles. The first-order valence-corrected chi connectivity index (χ1v) is 8.34. The normalized spacial score (nSPS) is 10.8. The van der Waals surface area contributed by atoms with Gasteiger partial charge in [0.1, 0.15) is 5.75 Å². The SMILES string of the molecule is CO[N+](=O)c1ccc(Oc2ccccc2OC(C)(C)C(=O)NCCO)cc1. The largest absolute Gasteiger partial charge is 0.474 e. The Bertz CT molecular complexity index is 789. The highest BCUT2D eigenvalue weighted by Gasteiger charge is 2.30. The Hall–Kier alpha value is -3.13. The van der Waals surface area contributed by atoms with Crippen molar-refractivity contribution in [1.82, 2.24) is 5.32 Å². The summed E-state index contributed by atoms with van der Waals surface area (Å²) in [4.78, 5) is 28.6. The second-order valence-corrected chi connectivity index (χ2v) is 6.07. The van der Waals surface area contributed by atoms with E-state index in [4.69, 9.17) is 14.6 Å². The summed E-state index contributed by atoms with van der Waals surface area (Å²) in [5.41, 5.74) is -0.837.